The molecule has 0 unspecified atom stereocenters. The number of carbonyl (C=O) groups is 1. The van der Waals surface area contributed by atoms with Gasteiger partial charge in [-0.25, -0.2) is 18.4 Å². The fraction of sp³-hybridized carbons (Fsp3) is 0.364. The first-order valence-electron chi connectivity index (χ1n) is 10.5. The van der Waals surface area contributed by atoms with E-state index >= 15 is 0 Å². The van der Waals surface area contributed by atoms with E-state index in [1.807, 2.05) is 13.8 Å². The number of nitrogens with two attached hydrogens (primary N) is 1. The second kappa shape index (κ2) is 8.41. The van der Waals surface area contributed by atoms with Gasteiger partial charge in [-0.15, -0.1) is 0 Å². The van der Waals surface area contributed by atoms with Crippen molar-refractivity contribution in [3.05, 3.63) is 52.7 Å². The second-order valence-electron chi connectivity index (χ2n) is 8.63. The Morgan fingerprint density at radius 2 is 1.97 bits per heavy atom. The lowest BCUT2D eigenvalue weighted by molar-refractivity contribution is -0.141. The number of nitrogens with zero attached hydrogens (tertiary/aromatic N) is 4. The summed E-state index contributed by atoms with van der Waals surface area (Å²) in [4.78, 5) is 23.6. The Kier molecular flexibility index (Phi) is 5.96. The quantitative estimate of drug-likeness (QED) is 0.542. The topological polar surface area (TPSA) is 141 Å². The summed E-state index contributed by atoms with van der Waals surface area (Å²) in [6, 6.07) is 3.88. The summed E-state index contributed by atoms with van der Waals surface area (Å²) in [5, 5.41) is 10.3. The highest BCUT2D eigenvalue weighted by Crippen LogP contribution is 2.36. The van der Waals surface area contributed by atoms with Gasteiger partial charge in [0, 0.05) is 23.4 Å². The number of aliphatic hydroxyl groups is 1. The third-order valence-corrected chi connectivity index (χ3v) is 6.93. The molecule has 1 aromatic carbocycles. The highest BCUT2D eigenvalue weighted by atomic mass is 32.2. The van der Waals surface area contributed by atoms with E-state index in [1.165, 1.54) is 6.07 Å². The molecule has 186 valence electrons. The monoisotopic (exact) mass is 509 g/mol. The number of fused-ring (bicyclic) bond motifs is 3. The van der Waals surface area contributed by atoms with Gasteiger partial charge in [-0.2, -0.15) is 13.2 Å². The minimum absolute atomic E-state index is 0.0317. The molecule has 1 amide bonds. The maximum Gasteiger partial charge on any atom is 0.434 e. The molecule has 1 atom stereocenters. The van der Waals surface area contributed by atoms with E-state index in [-0.39, 0.29) is 28.7 Å². The van der Waals surface area contributed by atoms with Gasteiger partial charge in [0.15, 0.2) is 21.4 Å². The Balaban J connectivity index is 1.92. The summed E-state index contributed by atoms with van der Waals surface area (Å²) in [6.45, 7) is 3.28. The number of rotatable bonds is 5. The van der Waals surface area contributed by atoms with Crippen LogP contribution in [0.25, 0.3) is 10.9 Å². The lowest BCUT2D eigenvalue weighted by Gasteiger charge is -2.25. The number of aliphatic hydroxyl groups excluding tert-OH is 1. The summed E-state index contributed by atoms with van der Waals surface area (Å²) in [5.74, 6) is -1.69. The highest BCUT2D eigenvalue weighted by Gasteiger charge is 2.39. The molecular weight excluding hydrogens is 487 g/mol. The summed E-state index contributed by atoms with van der Waals surface area (Å²) >= 11 is 0. The van der Waals surface area contributed by atoms with E-state index in [2.05, 4.69) is 15.0 Å². The van der Waals surface area contributed by atoms with Gasteiger partial charge in [-0.05, 0) is 29.7 Å². The van der Waals surface area contributed by atoms with E-state index < -0.39 is 45.8 Å². The third-order valence-electron chi connectivity index (χ3n) is 5.75. The van der Waals surface area contributed by atoms with Crippen LogP contribution in [0.4, 0.5) is 13.2 Å². The Hall–Kier alpha value is -3.32. The molecule has 3 heterocycles. The molecule has 9 nitrogen and oxygen atoms in total. The van der Waals surface area contributed by atoms with Crippen LogP contribution in [0.3, 0.4) is 0 Å². The van der Waals surface area contributed by atoms with E-state index in [1.54, 1.807) is 16.7 Å². The Bertz CT molecular complexity index is 1490. The van der Waals surface area contributed by atoms with E-state index in [0.717, 1.165) is 12.5 Å². The highest BCUT2D eigenvalue weighted by molar-refractivity contribution is 7.90. The summed E-state index contributed by atoms with van der Waals surface area (Å²) < 4.78 is 67.1. The van der Waals surface area contributed by atoms with Crippen molar-refractivity contribution in [1.82, 2.24) is 14.5 Å². The molecule has 3 N–H and O–H groups in total. The number of alkyl halides is 3. The second-order valence-corrected chi connectivity index (χ2v) is 10.6. The molecular formula is C22H22F3N5O4S. The maximum absolute atomic E-state index is 13.6. The molecule has 0 bridgehead atoms. The van der Waals surface area contributed by atoms with Gasteiger partial charge >= 0.3 is 6.18 Å². The zero-order valence-corrected chi connectivity index (χ0v) is 19.8. The number of halogens is 3. The predicted molar refractivity (Wildman–Crippen MR) is 121 cm³/mol. The minimum atomic E-state index is -4.93. The van der Waals surface area contributed by atoms with Gasteiger partial charge in [0.2, 0.25) is 0 Å². The van der Waals surface area contributed by atoms with Crippen LogP contribution >= 0.6 is 0 Å². The molecule has 13 heteroatoms. The van der Waals surface area contributed by atoms with Gasteiger partial charge in [-0.1, -0.05) is 13.8 Å². The van der Waals surface area contributed by atoms with Crippen LogP contribution in [0.2, 0.25) is 0 Å². The molecule has 1 aliphatic rings. The number of carbonyl (C=O) groups excluding carboxylic acids is 1. The van der Waals surface area contributed by atoms with Crippen molar-refractivity contribution in [2.45, 2.75) is 44.1 Å². The van der Waals surface area contributed by atoms with Crippen LogP contribution in [0.5, 0.6) is 0 Å². The van der Waals surface area contributed by atoms with Gasteiger partial charge in [0.1, 0.15) is 6.04 Å². The summed E-state index contributed by atoms with van der Waals surface area (Å²) in [5.41, 5.74) is 4.78. The van der Waals surface area contributed by atoms with Crippen molar-refractivity contribution >= 4 is 32.4 Å². The molecule has 1 aliphatic heterocycles. The summed E-state index contributed by atoms with van der Waals surface area (Å²) in [7, 11) is -3.67. The molecule has 0 radical (unpaired) electrons. The molecule has 4 rings (SSSR count). The van der Waals surface area contributed by atoms with Crippen molar-refractivity contribution in [1.29, 1.82) is 0 Å². The van der Waals surface area contributed by atoms with Crippen molar-refractivity contribution in [3.63, 3.8) is 0 Å². The molecule has 2 aromatic heterocycles. The average molecular weight is 510 g/mol. The van der Waals surface area contributed by atoms with Crippen LogP contribution in [-0.2, 0) is 29.2 Å². The van der Waals surface area contributed by atoms with Crippen molar-refractivity contribution in [3.8, 4) is 0 Å². The lowest BCUT2D eigenvalue weighted by Crippen LogP contribution is -2.27. The van der Waals surface area contributed by atoms with Gasteiger partial charge < -0.3 is 15.4 Å². The first kappa shape index (κ1) is 24.8. The fourth-order valence-corrected chi connectivity index (χ4v) is 5.12. The predicted octanol–water partition coefficient (Wildman–Crippen LogP) is 2.64. The zero-order chi connectivity index (χ0) is 25.9. The maximum atomic E-state index is 13.6. The van der Waals surface area contributed by atoms with E-state index in [0.29, 0.717) is 22.3 Å². The largest absolute Gasteiger partial charge is 0.434 e. The summed E-state index contributed by atoms with van der Waals surface area (Å²) in [6.07, 6.45) is -3.15. The van der Waals surface area contributed by atoms with Crippen LogP contribution < -0.4 is 5.73 Å². The first-order chi connectivity index (χ1) is 16.2. The molecule has 0 aliphatic carbocycles. The van der Waals surface area contributed by atoms with Crippen LogP contribution in [0.15, 0.2) is 34.3 Å². The number of benzene rings is 1. The van der Waals surface area contributed by atoms with Crippen molar-refractivity contribution < 1.29 is 31.5 Å². The van der Waals surface area contributed by atoms with Gasteiger partial charge in [0.25, 0.3) is 5.91 Å². The fourth-order valence-electron chi connectivity index (χ4n) is 4.20. The first-order valence-corrected chi connectivity index (χ1v) is 12.4. The van der Waals surface area contributed by atoms with Crippen LogP contribution in [-0.4, -0.2) is 45.9 Å². The van der Waals surface area contributed by atoms with Crippen LogP contribution in [0, 0.1) is 5.92 Å². The van der Waals surface area contributed by atoms with Crippen molar-refractivity contribution in [2.75, 3.05) is 6.26 Å². The van der Waals surface area contributed by atoms with Gasteiger partial charge in [-0.3, -0.25) is 9.79 Å². The Labute approximate surface area is 198 Å². The smallest absolute Gasteiger partial charge is 0.392 e. The number of sulfone groups is 1. The molecule has 0 fully saturated rings. The number of hydrogen-bond donors (Lipinski definition) is 2. The number of amides is 1. The van der Waals surface area contributed by atoms with Gasteiger partial charge in [0.05, 0.1) is 35.0 Å². The number of aromatic nitrogens is 3. The number of hydrogen-bond acceptors (Lipinski definition) is 7. The number of aliphatic imine (C=N–C) groups is 1. The number of primary amides is 1. The van der Waals surface area contributed by atoms with E-state index in [9.17, 15) is 31.5 Å². The van der Waals surface area contributed by atoms with Crippen LogP contribution in [0.1, 0.15) is 53.0 Å². The third kappa shape index (κ3) is 4.41. The average Bonchev–Trinajstić information content (AvgIpc) is 3.13. The molecule has 0 spiro atoms. The standard InChI is InChI=1S/C22H22F3N5O4S/c1-10(2)18-16-5-11-4-12(9-31)17(35(3,33)34)6-15(11)30(16)8-14(28-18)21-27-7-13(20(26)32)19(29-21)22(23,24)25/h4-7,10,14,31H,8-9H2,1-3H3,(H2,26,32)/t14-/m0/s1. The molecule has 0 saturated heterocycles. The molecule has 35 heavy (non-hydrogen) atoms. The Morgan fingerprint density at radius 3 is 2.51 bits per heavy atom. The normalized spacial score (nSPS) is 16.5. The molecule has 3 aromatic rings. The zero-order valence-electron chi connectivity index (χ0n) is 19.0. The molecule has 0 saturated carbocycles. The SMILES string of the molecule is CC(C)C1=N[C@H](c2ncc(C(N)=O)c(C(F)(F)F)n2)Cn2c1cc1cc(CO)c(S(C)(=O)=O)cc12. The Morgan fingerprint density at radius 1 is 1.29 bits per heavy atom. The lowest BCUT2D eigenvalue weighted by atomic mass is 10.0. The minimum Gasteiger partial charge on any atom is -0.392 e. The van der Waals surface area contributed by atoms with Crippen molar-refractivity contribution in [2.24, 2.45) is 16.6 Å². The van der Waals surface area contributed by atoms with E-state index in [4.69, 9.17) is 5.73 Å².